The van der Waals surface area contributed by atoms with E-state index in [9.17, 15) is 10.1 Å². The maximum absolute atomic E-state index is 12.5. The smallest absolute Gasteiger partial charge is 0.229 e. The molecule has 39 heavy (non-hydrogen) atoms. The molecule has 0 radical (unpaired) electrons. The molecule has 0 spiro atoms. The highest BCUT2D eigenvalue weighted by molar-refractivity contribution is 6.31. The summed E-state index contributed by atoms with van der Waals surface area (Å²) in [7, 11) is 0. The van der Waals surface area contributed by atoms with Crippen molar-refractivity contribution in [2.45, 2.75) is 32.2 Å². The molecule has 0 saturated carbocycles. The third kappa shape index (κ3) is 7.45. The van der Waals surface area contributed by atoms with Crippen molar-refractivity contribution >= 4 is 40.5 Å². The van der Waals surface area contributed by atoms with Gasteiger partial charge in [0.15, 0.2) is 5.82 Å². The minimum atomic E-state index is 0.307. The summed E-state index contributed by atoms with van der Waals surface area (Å²) in [6.45, 7) is 5.99. The van der Waals surface area contributed by atoms with Crippen molar-refractivity contribution in [3.05, 3.63) is 64.8 Å². The first-order chi connectivity index (χ1) is 19.1. The molecule has 6 bridgehead atoms. The molecule has 202 valence electrons. The Morgan fingerprint density at radius 3 is 2.67 bits per heavy atom. The minimum absolute atomic E-state index is 0.307. The van der Waals surface area contributed by atoms with Crippen LogP contribution in [-0.2, 0) is 11.3 Å². The van der Waals surface area contributed by atoms with Gasteiger partial charge in [-0.15, -0.1) is 0 Å². The molecule has 2 aromatic carbocycles. The highest BCUT2D eigenvalue weighted by Gasteiger charge is 2.18. The average Bonchev–Trinajstić information content (AvgIpc) is 2.93. The first kappa shape index (κ1) is 26.9. The molecule has 4 heterocycles. The van der Waals surface area contributed by atoms with Crippen molar-refractivity contribution < 1.29 is 9.53 Å². The Hall–Kier alpha value is -3.71. The molecule has 3 aliphatic heterocycles. The number of halogens is 1. The van der Waals surface area contributed by atoms with Crippen LogP contribution in [0.4, 0.5) is 23.1 Å². The van der Waals surface area contributed by atoms with Crippen LogP contribution in [0, 0.1) is 11.3 Å². The van der Waals surface area contributed by atoms with Gasteiger partial charge in [-0.2, -0.15) is 10.2 Å². The monoisotopic (exact) mass is 545 g/mol. The molecule has 10 heteroatoms. The first-order valence-corrected chi connectivity index (χ1v) is 13.7. The van der Waals surface area contributed by atoms with E-state index < -0.39 is 0 Å². The van der Waals surface area contributed by atoms with Crippen LogP contribution in [0.25, 0.3) is 0 Å². The molecule has 6 rings (SSSR count). The van der Waals surface area contributed by atoms with E-state index in [4.69, 9.17) is 16.3 Å². The van der Waals surface area contributed by atoms with Gasteiger partial charge < -0.3 is 20.3 Å². The number of nitrogens with zero attached hydrogens (tertiary/aromatic N) is 5. The van der Waals surface area contributed by atoms with Gasteiger partial charge in [-0.3, -0.25) is 9.69 Å². The predicted molar refractivity (Wildman–Crippen MR) is 152 cm³/mol. The zero-order chi connectivity index (χ0) is 27.0. The molecule has 0 unspecified atom stereocenters. The summed E-state index contributed by atoms with van der Waals surface area (Å²) < 4.78 is 6.02. The Balaban J connectivity index is 1.40. The average molecular weight is 546 g/mol. The van der Waals surface area contributed by atoms with Crippen LogP contribution in [0.2, 0.25) is 5.02 Å². The first-order valence-electron chi connectivity index (χ1n) is 13.3. The van der Waals surface area contributed by atoms with Crippen molar-refractivity contribution in [2.24, 2.45) is 0 Å². The number of hydrogen-bond donors (Lipinski definition) is 2. The summed E-state index contributed by atoms with van der Waals surface area (Å²) in [6, 6.07) is 15.6. The Labute approximate surface area is 233 Å². The van der Waals surface area contributed by atoms with Crippen molar-refractivity contribution in [3.8, 4) is 11.8 Å². The molecule has 0 amide bonds. The number of benzene rings is 2. The lowest BCUT2D eigenvalue weighted by molar-refractivity contribution is -0.119. The van der Waals surface area contributed by atoms with E-state index in [1.807, 2.05) is 12.1 Å². The Bertz CT molecular complexity index is 1350. The van der Waals surface area contributed by atoms with Gasteiger partial charge >= 0.3 is 0 Å². The highest BCUT2D eigenvalue weighted by Crippen LogP contribution is 2.31. The zero-order valence-electron chi connectivity index (χ0n) is 21.8. The number of hydrogen-bond acceptors (Lipinski definition) is 9. The second-order valence-corrected chi connectivity index (χ2v) is 10.3. The minimum Gasteiger partial charge on any atom is -0.491 e. The molecule has 1 aromatic heterocycles. The predicted octanol–water partition coefficient (Wildman–Crippen LogP) is 5.13. The zero-order valence-corrected chi connectivity index (χ0v) is 22.6. The number of ketones is 1. The Morgan fingerprint density at radius 1 is 0.974 bits per heavy atom. The van der Waals surface area contributed by atoms with E-state index in [1.165, 1.54) is 11.8 Å². The highest BCUT2D eigenvalue weighted by atomic mass is 35.5. The van der Waals surface area contributed by atoms with Gasteiger partial charge in [0.25, 0.3) is 0 Å². The molecule has 0 atom stereocenters. The number of carbonyl (C=O) groups is 1. The number of nitrogens with one attached hydrogen (secondary N) is 2. The van der Waals surface area contributed by atoms with Gasteiger partial charge in [0.05, 0.1) is 18.5 Å². The van der Waals surface area contributed by atoms with E-state index in [-0.39, 0.29) is 0 Å². The number of anilines is 4. The van der Waals surface area contributed by atoms with Crippen LogP contribution in [0.1, 0.15) is 36.8 Å². The number of Topliss-reactive ketones (excluding diaryl/α,β-unsaturated/α-hetero) is 1. The molecule has 1 fully saturated rings. The van der Waals surface area contributed by atoms with Gasteiger partial charge in [0, 0.05) is 62.8 Å². The second kappa shape index (κ2) is 12.9. The normalized spacial score (nSPS) is 20.5. The van der Waals surface area contributed by atoms with Crippen LogP contribution in [-0.4, -0.2) is 64.9 Å². The second-order valence-electron chi connectivity index (χ2n) is 9.87. The topological polar surface area (TPSA) is 106 Å². The number of fused-ring (bicyclic) bond motifs is 9. The summed E-state index contributed by atoms with van der Waals surface area (Å²) in [5, 5.41) is 16.7. The molecule has 9 nitrogen and oxygen atoms in total. The van der Waals surface area contributed by atoms with E-state index in [0.29, 0.717) is 59.0 Å². The lowest BCUT2D eigenvalue weighted by Gasteiger charge is -2.34. The van der Waals surface area contributed by atoms with Crippen molar-refractivity contribution in [1.82, 2.24) is 19.8 Å². The third-order valence-electron chi connectivity index (χ3n) is 6.97. The summed E-state index contributed by atoms with van der Waals surface area (Å²) in [6.07, 6.45) is 4.22. The fourth-order valence-electron chi connectivity index (χ4n) is 4.79. The summed E-state index contributed by atoms with van der Waals surface area (Å²) in [5.74, 6) is 1.63. The third-order valence-corrected chi connectivity index (χ3v) is 7.21. The number of carbonyl (C=O) groups excluding carboxylic acids is 1. The van der Waals surface area contributed by atoms with E-state index in [2.05, 4.69) is 48.6 Å². The van der Waals surface area contributed by atoms with E-state index >= 15 is 0 Å². The van der Waals surface area contributed by atoms with Gasteiger partial charge in [0.1, 0.15) is 23.2 Å². The van der Waals surface area contributed by atoms with Crippen LogP contribution in [0.15, 0.2) is 48.7 Å². The lowest BCUT2D eigenvalue weighted by Crippen LogP contribution is -2.46. The van der Waals surface area contributed by atoms with Crippen LogP contribution in [0.5, 0.6) is 5.75 Å². The van der Waals surface area contributed by atoms with Crippen molar-refractivity contribution in [2.75, 3.05) is 50.0 Å². The molecule has 1 saturated heterocycles. The molecular formula is C29H32ClN7O2. The molecule has 2 N–H and O–H groups in total. The standard InChI is InChI=1S/C29H32ClN7O2/c30-23-7-8-27-26(17-23)34-29-32-19-22(18-31)28(35-29)33-24-5-3-4-21(16-24)20-37-13-11-36(12-14-37)10-9-25(38)6-1-2-15-39-27/h3-5,7-8,16-17,19H,1-2,6,9-15,20H2,(H2,32,33,34,35). The van der Waals surface area contributed by atoms with Crippen LogP contribution in [0.3, 0.4) is 0 Å². The fraction of sp³-hybridized carbons (Fsp3) is 0.379. The molecule has 3 aliphatic rings. The van der Waals surface area contributed by atoms with Gasteiger partial charge in [-0.05, 0) is 48.7 Å². The Kier molecular flexibility index (Phi) is 8.89. The molecule has 0 aliphatic carbocycles. The summed E-state index contributed by atoms with van der Waals surface area (Å²) in [4.78, 5) is 26.2. The molecule has 3 aromatic rings. The molecular weight excluding hydrogens is 514 g/mol. The van der Waals surface area contributed by atoms with Gasteiger partial charge in [-0.1, -0.05) is 23.7 Å². The van der Waals surface area contributed by atoms with Crippen LogP contribution < -0.4 is 15.4 Å². The van der Waals surface area contributed by atoms with Gasteiger partial charge in [0.2, 0.25) is 5.95 Å². The number of nitriles is 1. The largest absolute Gasteiger partial charge is 0.491 e. The number of rotatable bonds is 0. The van der Waals surface area contributed by atoms with Crippen LogP contribution >= 0.6 is 11.6 Å². The Morgan fingerprint density at radius 2 is 1.82 bits per heavy atom. The number of aromatic nitrogens is 2. The quantitative estimate of drug-likeness (QED) is 0.397. The van der Waals surface area contributed by atoms with Crippen molar-refractivity contribution in [1.29, 1.82) is 5.26 Å². The maximum atomic E-state index is 12.5. The fourth-order valence-corrected chi connectivity index (χ4v) is 4.97. The van der Waals surface area contributed by atoms with Gasteiger partial charge in [-0.25, -0.2) is 4.98 Å². The summed E-state index contributed by atoms with van der Waals surface area (Å²) >= 11 is 6.26. The van der Waals surface area contributed by atoms with Crippen molar-refractivity contribution in [3.63, 3.8) is 0 Å². The number of piperazine rings is 1. The van der Waals surface area contributed by atoms with E-state index in [0.717, 1.165) is 57.8 Å². The van der Waals surface area contributed by atoms with E-state index in [1.54, 1.807) is 18.2 Å². The number of ether oxygens (including phenoxy) is 1. The lowest BCUT2D eigenvalue weighted by atomic mass is 10.1. The maximum Gasteiger partial charge on any atom is 0.229 e. The SMILES string of the molecule is N#Cc1cnc2nc1Nc1cccc(c1)CN1CCN(CCC(=O)CCCCOc3ccc(Cl)cc3N2)CC1. The summed E-state index contributed by atoms with van der Waals surface area (Å²) in [5.41, 5.74) is 2.97.